The molecule has 0 aliphatic carbocycles. The van der Waals surface area contributed by atoms with E-state index in [1.165, 1.54) is 6.92 Å². The van der Waals surface area contributed by atoms with Crippen molar-refractivity contribution in [2.24, 2.45) is 0 Å². The van der Waals surface area contributed by atoms with Crippen LogP contribution in [0.1, 0.15) is 13.3 Å². The lowest BCUT2D eigenvalue weighted by Gasteiger charge is -1.96. The summed E-state index contributed by atoms with van der Waals surface area (Å²) < 4.78 is 4.48. The van der Waals surface area contributed by atoms with Crippen molar-refractivity contribution in [3.05, 3.63) is 0 Å². The van der Waals surface area contributed by atoms with Crippen molar-refractivity contribution in [3.63, 3.8) is 0 Å². The van der Waals surface area contributed by atoms with Crippen LogP contribution < -0.4 is 0 Å². The maximum Gasteiger partial charge on any atom is 0.302 e. The van der Waals surface area contributed by atoms with Crippen LogP contribution >= 0.6 is 12.4 Å². The molecule has 3 nitrogen and oxygen atoms in total. The van der Waals surface area contributed by atoms with Crippen LogP contribution in [0.15, 0.2) is 0 Å². The molecule has 56 valence electrons. The Bertz CT molecular complexity index is 74.6. The Morgan fingerprint density at radius 1 is 1.67 bits per heavy atom. The summed E-state index contributed by atoms with van der Waals surface area (Å²) in [4.78, 5) is 10.0. The molecule has 0 spiro atoms. The van der Waals surface area contributed by atoms with Crippen LogP contribution in [0.2, 0.25) is 0 Å². The van der Waals surface area contributed by atoms with E-state index in [0.29, 0.717) is 13.0 Å². The van der Waals surface area contributed by atoms with E-state index in [1.807, 2.05) is 0 Å². The van der Waals surface area contributed by atoms with E-state index in [0.717, 1.165) is 0 Å². The van der Waals surface area contributed by atoms with Crippen molar-refractivity contribution in [2.75, 3.05) is 13.2 Å². The van der Waals surface area contributed by atoms with Gasteiger partial charge >= 0.3 is 5.97 Å². The fourth-order valence-electron chi connectivity index (χ4n) is 0.280. The van der Waals surface area contributed by atoms with Gasteiger partial charge in [-0.15, -0.1) is 12.4 Å². The third-order valence-corrected chi connectivity index (χ3v) is 0.608. The molecule has 0 saturated heterocycles. The Balaban J connectivity index is 0. The summed E-state index contributed by atoms with van der Waals surface area (Å²) in [6, 6.07) is 0. The quantitative estimate of drug-likeness (QED) is 0.472. The molecule has 0 atom stereocenters. The molecular weight excluding hydrogens is 144 g/mol. The van der Waals surface area contributed by atoms with Crippen LogP contribution in [0.3, 0.4) is 0 Å². The normalized spacial score (nSPS) is 7.78. The van der Waals surface area contributed by atoms with E-state index in [2.05, 4.69) is 4.74 Å². The van der Waals surface area contributed by atoms with Gasteiger partial charge in [0.1, 0.15) is 0 Å². The number of hydrogen-bond acceptors (Lipinski definition) is 3. The second-order valence-electron chi connectivity index (χ2n) is 1.42. The number of carbonyl (C=O) groups is 1. The van der Waals surface area contributed by atoms with Crippen LogP contribution in [0.4, 0.5) is 0 Å². The molecule has 0 rings (SSSR count). The van der Waals surface area contributed by atoms with Gasteiger partial charge in [0.2, 0.25) is 0 Å². The molecule has 0 aliphatic heterocycles. The molecule has 0 fully saturated rings. The van der Waals surface area contributed by atoms with Gasteiger partial charge in [-0.1, -0.05) is 0 Å². The number of carbonyl (C=O) groups excluding carboxylic acids is 1. The lowest BCUT2D eigenvalue weighted by molar-refractivity contribution is -0.141. The predicted molar refractivity (Wildman–Crippen MR) is 35.6 cm³/mol. The van der Waals surface area contributed by atoms with Gasteiger partial charge < -0.3 is 9.84 Å². The predicted octanol–water partition coefficient (Wildman–Crippen LogP) is 0.354. The summed E-state index contributed by atoms with van der Waals surface area (Å²) in [6.07, 6.45) is 0.527. The first-order valence-corrected chi connectivity index (χ1v) is 2.51. The van der Waals surface area contributed by atoms with E-state index in [1.54, 1.807) is 0 Å². The molecule has 0 bridgehead atoms. The zero-order chi connectivity index (χ0) is 6.41. The van der Waals surface area contributed by atoms with E-state index in [-0.39, 0.29) is 25.0 Å². The molecule has 0 aliphatic rings. The van der Waals surface area contributed by atoms with Crippen LogP contribution in [-0.4, -0.2) is 24.3 Å². The summed E-state index contributed by atoms with van der Waals surface area (Å²) >= 11 is 0. The fraction of sp³-hybridized carbons (Fsp3) is 0.800. The Kier molecular flexibility index (Phi) is 9.87. The lowest BCUT2D eigenvalue weighted by Crippen LogP contribution is -2.01. The lowest BCUT2D eigenvalue weighted by atomic mass is 10.5. The van der Waals surface area contributed by atoms with Gasteiger partial charge in [-0.05, 0) is 0 Å². The fourth-order valence-corrected chi connectivity index (χ4v) is 0.280. The zero-order valence-corrected chi connectivity index (χ0v) is 6.11. The van der Waals surface area contributed by atoms with Crippen molar-refractivity contribution in [3.8, 4) is 0 Å². The molecule has 0 amide bonds. The number of rotatable bonds is 3. The maximum atomic E-state index is 10.0. The Labute approximate surface area is 60.4 Å². The highest BCUT2D eigenvalue weighted by atomic mass is 35.5. The molecule has 0 aromatic carbocycles. The van der Waals surface area contributed by atoms with Gasteiger partial charge in [0.05, 0.1) is 6.61 Å². The molecule has 0 aromatic heterocycles. The number of hydrogen-bond donors (Lipinski definition) is 1. The number of esters is 1. The minimum Gasteiger partial charge on any atom is -0.466 e. The van der Waals surface area contributed by atoms with Crippen LogP contribution in [-0.2, 0) is 9.53 Å². The number of halogens is 1. The summed E-state index contributed by atoms with van der Waals surface area (Å²) in [6.45, 7) is 1.75. The van der Waals surface area contributed by atoms with Gasteiger partial charge in [0, 0.05) is 20.0 Å². The Morgan fingerprint density at radius 3 is 2.56 bits per heavy atom. The first-order chi connectivity index (χ1) is 3.77. The van der Waals surface area contributed by atoms with E-state index in [4.69, 9.17) is 5.11 Å². The summed E-state index contributed by atoms with van der Waals surface area (Å²) in [5.41, 5.74) is 0. The van der Waals surface area contributed by atoms with Crippen molar-refractivity contribution < 1.29 is 14.6 Å². The monoisotopic (exact) mass is 154 g/mol. The van der Waals surface area contributed by atoms with Crippen molar-refractivity contribution in [1.29, 1.82) is 0 Å². The first-order valence-electron chi connectivity index (χ1n) is 2.51. The maximum absolute atomic E-state index is 10.0. The zero-order valence-electron chi connectivity index (χ0n) is 5.29. The van der Waals surface area contributed by atoms with Gasteiger partial charge in [0.15, 0.2) is 0 Å². The second kappa shape index (κ2) is 7.72. The molecule has 0 heterocycles. The van der Waals surface area contributed by atoms with Crippen LogP contribution in [0.5, 0.6) is 0 Å². The molecule has 0 radical (unpaired) electrons. The highest BCUT2D eigenvalue weighted by Crippen LogP contribution is 1.79. The minimum absolute atomic E-state index is 0. The van der Waals surface area contributed by atoms with Crippen LogP contribution in [0, 0.1) is 0 Å². The van der Waals surface area contributed by atoms with E-state index in [9.17, 15) is 4.79 Å². The number of aliphatic hydroxyl groups excluding tert-OH is 1. The number of aliphatic hydroxyl groups is 1. The number of ether oxygens (including phenoxy) is 1. The van der Waals surface area contributed by atoms with Gasteiger partial charge in [0.25, 0.3) is 0 Å². The topological polar surface area (TPSA) is 46.5 Å². The van der Waals surface area contributed by atoms with E-state index >= 15 is 0 Å². The summed E-state index contributed by atoms with van der Waals surface area (Å²) in [7, 11) is 0. The summed E-state index contributed by atoms with van der Waals surface area (Å²) in [5.74, 6) is -0.293. The Hall–Kier alpha value is -0.280. The Morgan fingerprint density at radius 2 is 2.22 bits per heavy atom. The molecule has 4 heteroatoms. The standard InChI is InChI=1S/C5H10O3.ClH/c1-5(7)8-4-2-3-6;/h6H,2-4H2,1H3;1H. The SMILES string of the molecule is CC(=O)OCCCO.Cl. The average molecular weight is 155 g/mol. The molecular formula is C5H11ClO3. The molecule has 0 aromatic rings. The third kappa shape index (κ3) is 11.3. The van der Waals surface area contributed by atoms with E-state index < -0.39 is 0 Å². The molecule has 0 unspecified atom stereocenters. The van der Waals surface area contributed by atoms with Crippen LogP contribution in [0.25, 0.3) is 0 Å². The largest absolute Gasteiger partial charge is 0.466 e. The average Bonchev–Trinajstić information content (AvgIpc) is 1.66. The van der Waals surface area contributed by atoms with Gasteiger partial charge in [-0.25, -0.2) is 0 Å². The first kappa shape index (κ1) is 11.5. The highest BCUT2D eigenvalue weighted by molar-refractivity contribution is 5.85. The third-order valence-electron chi connectivity index (χ3n) is 0.608. The van der Waals surface area contributed by atoms with Gasteiger partial charge in [-0.2, -0.15) is 0 Å². The molecule has 0 saturated carbocycles. The highest BCUT2D eigenvalue weighted by Gasteiger charge is 1.88. The molecule has 1 N–H and O–H groups in total. The molecule has 9 heavy (non-hydrogen) atoms. The van der Waals surface area contributed by atoms with Crippen molar-refractivity contribution >= 4 is 18.4 Å². The van der Waals surface area contributed by atoms with Crippen molar-refractivity contribution in [1.82, 2.24) is 0 Å². The van der Waals surface area contributed by atoms with Crippen molar-refractivity contribution in [2.45, 2.75) is 13.3 Å². The summed E-state index contributed by atoms with van der Waals surface area (Å²) in [5, 5.41) is 8.19. The second-order valence-corrected chi connectivity index (χ2v) is 1.42. The minimum atomic E-state index is -0.293. The van der Waals surface area contributed by atoms with Gasteiger partial charge in [-0.3, -0.25) is 4.79 Å². The smallest absolute Gasteiger partial charge is 0.302 e.